The number of hydrogen-bond acceptors (Lipinski definition) is 3. The third-order valence-electron chi connectivity index (χ3n) is 3.17. The second-order valence-electron chi connectivity index (χ2n) is 4.89. The molecule has 0 radical (unpaired) electrons. The van der Waals surface area contributed by atoms with Crippen LogP contribution in [0.25, 0.3) is 0 Å². The normalized spacial score (nSPS) is 12.8. The van der Waals surface area contributed by atoms with E-state index in [1.54, 1.807) is 11.3 Å². The highest BCUT2D eigenvalue weighted by molar-refractivity contribution is 9.10. The van der Waals surface area contributed by atoms with Crippen LogP contribution in [0.2, 0.25) is 5.02 Å². The van der Waals surface area contributed by atoms with Crippen molar-refractivity contribution in [3.63, 3.8) is 0 Å². The van der Waals surface area contributed by atoms with Gasteiger partial charge in [-0.3, -0.25) is 0 Å². The predicted octanol–water partition coefficient (Wildman–Crippen LogP) is 4.69. The monoisotopic (exact) mass is 372 g/mol. The molecule has 20 heavy (non-hydrogen) atoms. The van der Waals surface area contributed by atoms with Gasteiger partial charge in [-0.2, -0.15) is 0 Å². The fourth-order valence-corrected chi connectivity index (χ4v) is 3.88. The highest BCUT2D eigenvalue weighted by Gasteiger charge is 2.11. The molecule has 1 heterocycles. The van der Waals surface area contributed by atoms with Crippen LogP contribution >= 0.6 is 38.9 Å². The second-order valence-corrected chi connectivity index (χ2v) is 7.20. The maximum atomic E-state index is 6.23. The van der Waals surface area contributed by atoms with E-state index in [0.29, 0.717) is 0 Å². The van der Waals surface area contributed by atoms with Gasteiger partial charge in [0.05, 0.1) is 0 Å². The van der Waals surface area contributed by atoms with Crippen LogP contribution in [0.3, 0.4) is 0 Å². The molecule has 0 fully saturated rings. The van der Waals surface area contributed by atoms with E-state index in [2.05, 4.69) is 39.3 Å². The van der Waals surface area contributed by atoms with Gasteiger partial charge in [-0.05, 0) is 47.1 Å². The summed E-state index contributed by atoms with van der Waals surface area (Å²) in [5.41, 5.74) is 7.25. The van der Waals surface area contributed by atoms with Gasteiger partial charge in [-0.15, -0.1) is 11.3 Å². The van der Waals surface area contributed by atoms with E-state index < -0.39 is 0 Å². The molecule has 0 saturated carbocycles. The van der Waals surface area contributed by atoms with E-state index in [9.17, 15) is 0 Å². The Morgan fingerprint density at radius 1 is 1.40 bits per heavy atom. The summed E-state index contributed by atoms with van der Waals surface area (Å²) in [5, 5.41) is 2.86. The van der Waals surface area contributed by atoms with Crippen LogP contribution in [-0.2, 0) is 6.54 Å². The molecular formula is C15H18BrClN2S. The molecule has 1 atom stereocenters. The van der Waals surface area contributed by atoms with E-state index in [1.165, 1.54) is 4.88 Å². The fraction of sp³-hybridized carbons (Fsp3) is 0.333. The summed E-state index contributed by atoms with van der Waals surface area (Å²) in [6, 6.07) is 9.95. The first kappa shape index (κ1) is 16.0. The Hall–Kier alpha value is -0.390. The number of benzene rings is 1. The van der Waals surface area contributed by atoms with Gasteiger partial charge < -0.3 is 10.6 Å². The van der Waals surface area contributed by atoms with Gasteiger partial charge in [0.1, 0.15) is 0 Å². The van der Waals surface area contributed by atoms with Crippen LogP contribution < -0.4 is 5.73 Å². The molecule has 0 aliphatic rings. The Kier molecular flexibility index (Phi) is 6.05. The van der Waals surface area contributed by atoms with E-state index in [-0.39, 0.29) is 6.04 Å². The first-order valence-corrected chi connectivity index (χ1v) is 8.53. The summed E-state index contributed by atoms with van der Waals surface area (Å²) in [6.45, 7) is 1.90. The maximum Gasteiger partial charge on any atom is 0.0453 e. The number of halogens is 2. The SMILES string of the molecule is CN(CCC(N)c1ccccc1Cl)Cc1cc(Br)cs1. The largest absolute Gasteiger partial charge is 0.324 e. The average molecular weight is 374 g/mol. The summed E-state index contributed by atoms with van der Waals surface area (Å²) >= 11 is 11.4. The zero-order chi connectivity index (χ0) is 14.5. The Morgan fingerprint density at radius 3 is 2.80 bits per heavy atom. The Morgan fingerprint density at radius 2 is 2.15 bits per heavy atom. The number of nitrogens with two attached hydrogens (primary N) is 1. The van der Waals surface area contributed by atoms with Crippen LogP contribution in [0, 0.1) is 0 Å². The van der Waals surface area contributed by atoms with Crippen molar-refractivity contribution in [3.8, 4) is 0 Å². The van der Waals surface area contributed by atoms with Gasteiger partial charge in [0, 0.05) is 38.9 Å². The number of nitrogens with zero attached hydrogens (tertiary/aromatic N) is 1. The summed E-state index contributed by atoms with van der Waals surface area (Å²) in [6.07, 6.45) is 0.896. The van der Waals surface area contributed by atoms with Crippen molar-refractivity contribution < 1.29 is 0 Å². The average Bonchev–Trinajstić information content (AvgIpc) is 2.82. The Balaban J connectivity index is 1.84. The van der Waals surface area contributed by atoms with E-state index in [1.807, 2.05) is 24.3 Å². The van der Waals surface area contributed by atoms with Crippen LogP contribution in [-0.4, -0.2) is 18.5 Å². The zero-order valence-electron chi connectivity index (χ0n) is 11.4. The molecule has 0 aliphatic heterocycles. The highest BCUT2D eigenvalue weighted by atomic mass is 79.9. The minimum Gasteiger partial charge on any atom is -0.324 e. The molecular weight excluding hydrogens is 356 g/mol. The van der Waals surface area contributed by atoms with E-state index in [4.69, 9.17) is 17.3 Å². The summed E-state index contributed by atoms with van der Waals surface area (Å²) in [7, 11) is 2.12. The first-order valence-electron chi connectivity index (χ1n) is 6.47. The number of thiophene rings is 1. The van der Waals surface area contributed by atoms with Crippen molar-refractivity contribution >= 4 is 38.9 Å². The van der Waals surface area contributed by atoms with E-state index in [0.717, 1.165) is 34.6 Å². The third-order valence-corrected chi connectivity index (χ3v) is 5.20. The lowest BCUT2D eigenvalue weighted by molar-refractivity contribution is 0.314. The molecule has 2 N–H and O–H groups in total. The Bertz CT molecular complexity index is 558. The lowest BCUT2D eigenvalue weighted by Crippen LogP contribution is -2.23. The van der Waals surface area contributed by atoms with Crippen LogP contribution in [0.15, 0.2) is 40.2 Å². The smallest absolute Gasteiger partial charge is 0.0453 e. The minimum atomic E-state index is -0.0128. The van der Waals surface area contributed by atoms with Gasteiger partial charge in [0.25, 0.3) is 0 Å². The first-order chi connectivity index (χ1) is 9.56. The van der Waals surface area contributed by atoms with Crippen LogP contribution in [0.1, 0.15) is 22.9 Å². The molecule has 0 aliphatic carbocycles. The predicted molar refractivity (Wildman–Crippen MR) is 91.4 cm³/mol. The second kappa shape index (κ2) is 7.57. The molecule has 1 aromatic carbocycles. The van der Waals surface area contributed by atoms with Crippen molar-refractivity contribution in [2.45, 2.75) is 19.0 Å². The molecule has 2 aromatic rings. The summed E-state index contributed by atoms with van der Waals surface area (Å²) in [4.78, 5) is 3.64. The van der Waals surface area contributed by atoms with Crippen molar-refractivity contribution in [3.05, 3.63) is 55.6 Å². The topological polar surface area (TPSA) is 29.3 Å². The molecule has 1 aromatic heterocycles. The standard InChI is InChI=1S/C15H18BrClN2S/c1-19(9-12-8-11(16)10-20-12)7-6-15(18)13-4-2-3-5-14(13)17/h2-5,8,10,15H,6-7,9,18H2,1H3. The van der Waals surface area contributed by atoms with Gasteiger partial charge in [0.2, 0.25) is 0 Å². The molecule has 0 spiro atoms. The molecule has 5 heteroatoms. The van der Waals surface area contributed by atoms with Crippen LogP contribution in [0.5, 0.6) is 0 Å². The lowest BCUT2D eigenvalue weighted by atomic mass is 10.0. The third kappa shape index (κ3) is 4.57. The quantitative estimate of drug-likeness (QED) is 0.796. The number of hydrogen-bond donors (Lipinski definition) is 1. The number of rotatable bonds is 6. The van der Waals surface area contributed by atoms with Gasteiger partial charge in [0.15, 0.2) is 0 Å². The van der Waals surface area contributed by atoms with Gasteiger partial charge in [-0.25, -0.2) is 0 Å². The highest BCUT2D eigenvalue weighted by Crippen LogP contribution is 2.24. The minimum absolute atomic E-state index is 0.0128. The molecule has 0 saturated heterocycles. The Labute approximate surface area is 137 Å². The van der Waals surface area contributed by atoms with Gasteiger partial charge >= 0.3 is 0 Å². The van der Waals surface area contributed by atoms with Crippen molar-refractivity contribution in [1.29, 1.82) is 0 Å². The van der Waals surface area contributed by atoms with Crippen LogP contribution in [0.4, 0.5) is 0 Å². The summed E-state index contributed by atoms with van der Waals surface area (Å²) < 4.78 is 1.15. The zero-order valence-corrected chi connectivity index (χ0v) is 14.5. The molecule has 108 valence electrons. The maximum absolute atomic E-state index is 6.23. The molecule has 0 amide bonds. The summed E-state index contributed by atoms with van der Waals surface area (Å²) in [5.74, 6) is 0. The molecule has 2 rings (SSSR count). The van der Waals surface area contributed by atoms with Crippen molar-refractivity contribution in [1.82, 2.24) is 4.90 Å². The molecule has 2 nitrogen and oxygen atoms in total. The van der Waals surface area contributed by atoms with Crippen molar-refractivity contribution in [2.24, 2.45) is 5.73 Å². The van der Waals surface area contributed by atoms with E-state index >= 15 is 0 Å². The fourth-order valence-electron chi connectivity index (χ4n) is 2.07. The lowest BCUT2D eigenvalue weighted by Gasteiger charge is -2.19. The van der Waals surface area contributed by atoms with Gasteiger partial charge in [-0.1, -0.05) is 29.8 Å². The molecule has 0 bridgehead atoms. The van der Waals surface area contributed by atoms with Crippen molar-refractivity contribution in [2.75, 3.05) is 13.6 Å². The molecule has 1 unspecified atom stereocenters.